The summed E-state index contributed by atoms with van der Waals surface area (Å²) in [6, 6.07) is 3.81. The number of hydrogen-bond donors (Lipinski definition) is 2. The van der Waals surface area contributed by atoms with Crippen molar-refractivity contribution in [2.75, 3.05) is 5.32 Å². The molecule has 0 aromatic carbocycles. The molecule has 0 aliphatic carbocycles. The molecule has 1 amide bonds. The summed E-state index contributed by atoms with van der Waals surface area (Å²) in [6.07, 6.45) is 5.90. The summed E-state index contributed by atoms with van der Waals surface area (Å²) < 4.78 is 0. The van der Waals surface area contributed by atoms with Crippen molar-refractivity contribution in [1.29, 1.82) is 0 Å². The molecule has 2 aromatic heterocycles. The molecule has 0 unspecified atom stereocenters. The third-order valence-corrected chi connectivity index (χ3v) is 2.99. The van der Waals surface area contributed by atoms with E-state index in [0.29, 0.717) is 12.2 Å². The van der Waals surface area contributed by atoms with E-state index in [1.54, 1.807) is 12.4 Å². The van der Waals surface area contributed by atoms with E-state index in [0.717, 1.165) is 29.7 Å². The highest BCUT2D eigenvalue weighted by Gasteiger charge is 2.12. The van der Waals surface area contributed by atoms with Crippen LogP contribution in [0.1, 0.15) is 31.7 Å². The monoisotopic (exact) mass is 258 g/mol. The molecule has 100 valence electrons. The number of aromatic nitrogens is 3. The first-order chi connectivity index (χ1) is 9.22. The number of amides is 1. The van der Waals surface area contributed by atoms with E-state index >= 15 is 0 Å². The van der Waals surface area contributed by atoms with Gasteiger partial charge in [0.05, 0.1) is 5.69 Å². The minimum atomic E-state index is 0.0118. The fourth-order valence-corrected chi connectivity index (χ4v) is 1.85. The lowest BCUT2D eigenvalue weighted by atomic mass is 10.1. The normalized spacial score (nSPS) is 10.4. The van der Waals surface area contributed by atoms with E-state index in [-0.39, 0.29) is 5.91 Å². The maximum atomic E-state index is 11.7. The molecule has 0 saturated heterocycles. The van der Waals surface area contributed by atoms with E-state index in [1.807, 2.05) is 19.1 Å². The number of carbonyl (C=O) groups excluding carboxylic acids is 1. The van der Waals surface area contributed by atoms with E-state index < -0.39 is 0 Å². The SMILES string of the molecule is CCCCC(=O)Nc1n[nH]c(-c2ccncc2)c1C. The molecule has 5 heteroatoms. The summed E-state index contributed by atoms with van der Waals surface area (Å²) in [5.41, 5.74) is 2.86. The molecule has 2 aromatic rings. The number of hydrogen-bond acceptors (Lipinski definition) is 3. The molecule has 0 aliphatic heterocycles. The highest BCUT2D eigenvalue weighted by atomic mass is 16.1. The summed E-state index contributed by atoms with van der Waals surface area (Å²) in [4.78, 5) is 15.7. The molecule has 0 saturated carbocycles. The zero-order valence-corrected chi connectivity index (χ0v) is 11.2. The van der Waals surface area contributed by atoms with Crippen molar-refractivity contribution in [3.8, 4) is 11.3 Å². The molecule has 2 heterocycles. The molecule has 0 fully saturated rings. The second-order valence-corrected chi connectivity index (χ2v) is 4.46. The fraction of sp³-hybridized carbons (Fsp3) is 0.357. The molecular formula is C14H18N4O. The van der Waals surface area contributed by atoms with E-state index in [2.05, 4.69) is 27.4 Å². The minimum absolute atomic E-state index is 0.0118. The predicted molar refractivity (Wildman–Crippen MR) is 74.7 cm³/mol. The van der Waals surface area contributed by atoms with Gasteiger partial charge in [0.2, 0.25) is 5.91 Å². The number of rotatable bonds is 5. The Morgan fingerprint density at radius 2 is 2.11 bits per heavy atom. The first-order valence-electron chi connectivity index (χ1n) is 6.47. The van der Waals surface area contributed by atoms with Crippen molar-refractivity contribution in [1.82, 2.24) is 15.2 Å². The minimum Gasteiger partial charge on any atom is -0.309 e. The van der Waals surface area contributed by atoms with Gasteiger partial charge in [0.1, 0.15) is 0 Å². The van der Waals surface area contributed by atoms with Crippen LogP contribution in [0.15, 0.2) is 24.5 Å². The van der Waals surface area contributed by atoms with Crippen molar-refractivity contribution in [2.24, 2.45) is 0 Å². The number of aromatic amines is 1. The van der Waals surface area contributed by atoms with E-state index in [4.69, 9.17) is 0 Å². The van der Waals surface area contributed by atoms with Gasteiger partial charge in [-0.1, -0.05) is 13.3 Å². The lowest BCUT2D eigenvalue weighted by molar-refractivity contribution is -0.116. The third-order valence-electron chi connectivity index (χ3n) is 2.99. The fourth-order valence-electron chi connectivity index (χ4n) is 1.85. The van der Waals surface area contributed by atoms with Crippen LogP contribution in [0.2, 0.25) is 0 Å². The van der Waals surface area contributed by atoms with E-state index in [1.165, 1.54) is 0 Å². The Labute approximate surface area is 112 Å². The Balaban J connectivity index is 2.13. The van der Waals surface area contributed by atoms with E-state index in [9.17, 15) is 4.79 Å². The summed E-state index contributed by atoms with van der Waals surface area (Å²) >= 11 is 0. The van der Waals surface area contributed by atoms with Crippen LogP contribution >= 0.6 is 0 Å². The van der Waals surface area contributed by atoms with Gasteiger partial charge in [-0.15, -0.1) is 0 Å². The molecular weight excluding hydrogens is 240 g/mol. The van der Waals surface area contributed by atoms with Gasteiger partial charge in [-0.2, -0.15) is 5.10 Å². The number of unbranched alkanes of at least 4 members (excludes halogenated alkanes) is 1. The zero-order chi connectivity index (χ0) is 13.7. The van der Waals surface area contributed by atoms with Crippen LogP contribution in [0, 0.1) is 6.92 Å². The van der Waals surface area contributed by atoms with Crippen molar-refractivity contribution in [2.45, 2.75) is 33.1 Å². The summed E-state index contributed by atoms with van der Waals surface area (Å²) in [7, 11) is 0. The number of H-pyrrole nitrogens is 1. The predicted octanol–water partition coefficient (Wildman–Crippen LogP) is 2.91. The Morgan fingerprint density at radius 1 is 1.37 bits per heavy atom. The average molecular weight is 258 g/mol. The molecule has 2 rings (SSSR count). The van der Waals surface area contributed by atoms with Gasteiger partial charge >= 0.3 is 0 Å². The highest BCUT2D eigenvalue weighted by molar-refractivity contribution is 5.91. The second kappa shape index (κ2) is 6.13. The van der Waals surface area contributed by atoms with Gasteiger partial charge < -0.3 is 5.32 Å². The van der Waals surface area contributed by atoms with Crippen LogP contribution in [-0.2, 0) is 4.79 Å². The second-order valence-electron chi connectivity index (χ2n) is 4.46. The van der Waals surface area contributed by atoms with Gasteiger partial charge in [0, 0.05) is 29.9 Å². The van der Waals surface area contributed by atoms with Crippen LogP contribution < -0.4 is 5.32 Å². The van der Waals surface area contributed by atoms with Gasteiger partial charge in [-0.25, -0.2) is 0 Å². The first-order valence-corrected chi connectivity index (χ1v) is 6.47. The highest BCUT2D eigenvalue weighted by Crippen LogP contribution is 2.25. The van der Waals surface area contributed by atoms with Crippen LogP contribution in [0.3, 0.4) is 0 Å². The molecule has 2 N–H and O–H groups in total. The van der Waals surface area contributed by atoms with Gasteiger partial charge in [-0.3, -0.25) is 14.9 Å². The van der Waals surface area contributed by atoms with Gasteiger partial charge in [0.15, 0.2) is 5.82 Å². The molecule has 19 heavy (non-hydrogen) atoms. The smallest absolute Gasteiger partial charge is 0.225 e. The van der Waals surface area contributed by atoms with Crippen molar-refractivity contribution in [3.05, 3.63) is 30.1 Å². The first kappa shape index (κ1) is 13.3. The van der Waals surface area contributed by atoms with Crippen LogP contribution in [0.25, 0.3) is 11.3 Å². The summed E-state index contributed by atoms with van der Waals surface area (Å²) in [5.74, 6) is 0.616. The molecule has 0 spiro atoms. The van der Waals surface area contributed by atoms with Crippen molar-refractivity contribution in [3.63, 3.8) is 0 Å². The number of carbonyl (C=O) groups is 1. The molecule has 5 nitrogen and oxygen atoms in total. The Kier molecular flexibility index (Phi) is 4.28. The number of nitrogens with zero attached hydrogens (tertiary/aromatic N) is 2. The van der Waals surface area contributed by atoms with Crippen LogP contribution in [0.5, 0.6) is 0 Å². The van der Waals surface area contributed by atoms with Gasteiger partial charge in [0.25, 0.3) is 0 Å². The maximum Gasteiger partial charge on any atom is 0.225 e. The summed E-state index contributed by atoms with van der Waals surface area (Å²) in [6.45, 7) is 4.00. The van der Waals surface area contributed by atoms with Crippen LogP contribution in [-0.4, -0.2) is 21.1 Å². The number of pyridine rings is 1. The lowest BCUT2D eigenvalue weighted by Gasteiger charge is -2.03. The Hall–Kier alpha value is -2.17. The summed E-state index contributed by atoms with van der Waals surface area (Å²) in [5, 5.41) is 9.96. The average Bonchev–Trinajstić information content (AvgIpc) is 2.79. The molecule has 0 radical (unpaired) electrons. The topological polar surface area (TPSA) is 70.7 Å². The number of anilines is 1. The lowest BCUT2D eigenvalue weighted by Crippen LogP contribution is -2.12. The largest absolute Gasteiger partial charge is 0.309 e. The van der Waals surface area contributed by atoms with Crippen LogP contribution in [0.4, 0.5) is 5.82 Å². The molecule has 0 aliphatic rings. The quantitative estimate of drug-likeness (QED) is 0.866. The maximum absolute atomic E-state index is 11.7. The molecule has 0 atom stereocenters. The van der Waals surface area contributed by atoms with Crippen molar-refractivity contribution >= 4 is 11.7 Å². The van der Waals surface area contributed by atoms with Gasteiger partial charge in [-0.05, 0) is 25.5 Å². The van der Waals surface area contributed by atoms with Crippen molar-refractivity contribution < 1.29 is 4.79 Å². The Bertz CT molecular complexity index is 548. The molecule has 0 bridgehead atoms. The third kappa shape index (κ3) is 3.19. The standard InChI is InChI=1S/C14H18N4O/c1-3-4-5-12(19)16-14-10(2)13(17-18-14)11-6-8-15-9-7-11/h6-9H,3-5H2,1-2H3,(H2,16,17,18,19). The zero-order valence-electron chi connectivity index (χ0n) is 11.2. The Morgan fingerprint density at radius 3 is 2.79 bits per heavy atom. The number of nitrogens with one attached hydrogen (secondary N) is 2.